The molecule has 1 aromatic carbocycles. The van der Waals surface area contributed by atoms with Crippen LogP contribution in [-0.2, 0) is 4.74 Å². The molecule has 1 aromatic rings. The number of nitrogens with one attached hydrogen (secondary N) is 2. The molecule has 0 spiro atoms. The Hall–Kier alpha value is -1.37. The topological polar surface area (TPSA) is 45.8 Å². The van der Waals surface area contributed by atoms with Crippen LogP contribution in [0.4, 0.5) is 0 Å². The molecule has 1 saturated heterocycles. The lowest BCUT2D eigenvalue weighted by Crippen LogP contribution is -2.46. The lowest BCUT2D eigenvalue weighted by atomic mass is 10.0. The Bertz CT molecular complexity index is 513. The van der Waals surface area contributed by atoms with Crippen LogP contribution in [0, 0.1) is 0 Å². The summed E-state index contributed by atoms with van der Waals surface area (Å²) in [6, 6.07) is 9.17. The Balaban J connectivity index is 1.65. The highest BCUT2D eigenvalue weighted by atomic mass is 32.1. The fourth-order valence-electron chi connectivity index (χ4n) is 2.83. The Morgan fingerprint density at radius 3 is 2.61 bits per heavy atom. The van der Waals surface area contributed by atoms with Gasteiger partial charge in [-0.25, -0.2) is 0 Å². The van der Waals surface area contributed by atoms with Gasteiger partial charge in [-0.3, -0.25) is 4.90 Å². The molecule has 1 aliphatic heterocycles. The monoisotopic (exact) mass is 335 g/mol. The summed E-state index contributed by atoms with van der Waals surface area (Å²) in [5, 5.41) is 7.49. The summed E-state index contributed by atoms with van der Waals surface area (Å²) in [4.78, 5) is 2.46. The van der Waals surface area contributed by atoms with E-state index < -0.39 is 0 Å². The van der Waals surface area contributed by atoms with Crippen molar-refractivity contribution in [3.8, 4) is 5.75 Å². The molecule has 6 heteroatoms. The van der Waals surface area contributed by atoms with Gasteiger partial charge in [0, 0.05) is 25.7 Å². The number of ether oxygens (including phenoxy) is 2. The molecule has 1 unspecified atom stereocenters. The molecule has 1 heterocycles. The van der Waals surface area contributed by atoms with E-state index in [0.717, 1.165) is 43.7 Å². The van der Waals surface area contributed by atoms with E-state index in [1.54, 1.807) is 7.11 Å². The highest BCUT2D eigenvalue weighted by Gasteiger charge is 2.25. The Kier molecular flexibility index (Phi) is 5.70. The van der Waals surface area contributed by atoms with Crippen LogP contribution in [0.15, 0.2) is 24.3 Å². The maximum Gasteiger partial charge on any atom is 0.166 e. The van der Waals surface area contributed by atoms with Crippen molar-refractivity contribution in [2.45, 2.75) is 24.9 Å². The van der Waals surface area contributed by atoms with E-state index in [4.69, 9.17) is 21.7 Å². The zero-order valence-corrected chi connectivity index (χ0v) is 14.4. The lowest BCUT2D eigenvalue weighted by Gasteiger charge is -2.35. The molecule has 126 valence electrons. The molecule has 0 aromatic heterocycles. The number of methoxy groups -OCH3 is 1. The summed E-state index contributed by atoms with van der Waals surface area (Å²) in [5.41, 5.74) is 1.27. The molecule has 5 nitrogen and oxygen atoms in total. The molecule has 1 saturated carbocycles. The zero-order chi connectivity index (χ0) is 16.1. The molecule has 23 heavy (non-hydrogen) atoms. The van der Waals surface area contributed by atoms with Gasteiger partial charge < -0.3 is 20.1 Å². The minimum absolute atomic E-state index is 0.281. The van der Waals surface area contributed by atoms with E-state index in [1.165, 1.54) is 18.4 Å². The van der Waals surface area contributed by atoms with Crippen molar-refractivity contribution in [3.63, 3.8) is 0 Å². The van der Waals surface area contributed by atoms with Crippen LogP contribution in [0.25, 0.3) is 0 Å². The largest absolute Gasteiger partial charge is 0.497 e. The van der Waals surface area contributed by atoms with E-state index in [2.05, 4.69) is 27.7 Å². The predicted octanol–water partition coefficient (Wildman–Crippen LogP) is 1.69. The van der Waals surface area contributed by atoms with Crippen LogP contribution in [0.1, 0.15) is 24.4 Å². The van der Waals surface area contributed by atoms with E-state index in [-0.39, 0.29) is 6.04 Å². The van der Waals surface area contributed by atoms with Gasteiger partial charge in [-0.15, -0.1) is 0 Å². The van der Waals surface area contributed by atoms with Crippen molar-refractivity contribution < 1.29 is 9.47 Å². The Morgan fingerprint density at radius 2 is 2.00 bits per heavy atom. The van der Waals surface area contributed by atoms with Gasteiger partial charge >= 0.3 is 0 Å². The SMILES string of the molecule is COc1ccc(C(CNC(=S)NC2CC2)N2CCOCC2)cc1. The van der Waals surface area contributed by atoms with Gasteiger partial charge in [0.25, 0.3) is 0 Å². The van der Waals surface area contributed by atoms with Crippen molar-refractivity contribution >= 4 is 17.3 Å². The van der Waals surface area contributed by atoms with Crippen LogP contribution >= 0.6 is 12.2 Å². The fourth-order valence-corrected chi connectivity index (χ4v) is 3.08. The molecule has 0 amide bonds. The molecule has 2 N–H and O–H groups in total. The van der Waals surface area contributed by atoms with Crippen molar-refractivity contribution in [2.24, 2.45) is 0 Å². The van der Waals surface area contributed by atoms with Crippen molar-refractivity contribution in [1.29, 1.82) is 0 Å². The first-order chi connectivity index (χ1) is 11.3. The first kappa shape index (κ1) is 16.5. The first-order valence-electron chi connectivity index (χ1n) is 8.26. The molecule has 0 bridgehead atoms. The molecular formula is C17H25N3O2S. The summed E-state index contributed by atoms with van der Waals surface area (Å²) in [6.07, 6.45) is 2.46. The van der Waals surface area contributed by atoms with Gasteiger partial charge in [0.15, 0.2) is 5.11 Å². The lowest BCUT2D eigenvalue weighted by molar-refractivity contribution is 0.0170. The third-order valence-electron chi connectivity index (χ3n) is 4.36. The Labute approximate surface area is 143 Å². The molecule has 2 fully saturated rings. The van der Waals surface area contributed by atoms with Gasteiger partial charge in [0.05, 0.1) is 26.4 Å². The number of benzene rings is 1. The average molecular weight is 335 g/mol. The second-order valence-corrected chi connectivity index (χ2v) is 6.47. The summed E-state index contributed by atoms with van der Waals surface area (Å²) in [7, 11) is 1.69. The molecule has 3 rings (SSSR count). The summed E-state index contributed by atoms with van der Waals surface area (Å²) >= 11 is 5.39. The van der Waals surface area contributed by atoms with Gasteiger partial charge in [-0.05, 0) is 42.8 Å². The van der Waals surface area contributed by atoms with Gasteiger partial charge in [0.2, 0.25) is 0 Å². The van der Waals surface area contributed by atoms with E-state index in [9.17, 15) is 0 Å². The first-order valence-corrected chi connectivity index (χ1v) is 8.67. The molecule has 1 aliphatic carbocycles. The smallest absolute Gasteiger partial charge is 0.166 e. The number of hydrogen-bond acceptors (Lipinski definition) is 4. The third kappa shape index (κ3) is 4.80. The van der Waals surface area contributed by atoms with Crippen LogP contribution < -0.4 is 15.4 Å². The molecule has 0 radical (unpaired) electrons. The molecular weight excluding hydrogens is 310 g/mol. The maximum absolute atomic E-state index is 5.49. The highest BCUT2D eigenvalue weighted by molar-refractivity contribution is 7.80. The number of hydrogen-bond donors (Lipinski definition) is 2. The number of rotatable bonds is 6. The highest BCUT2D eigenvalue weighted by Crippen LogP contribution is 2.24. The second kappa shape index (κ2) is 7.95. The minimum Gasteiger partial charge on any atom is -0.497 e. The Morgan fingerprint density at radius 1 is 1.30 bits per heavy atom. The van der Waals surface area contributed by atoms with Crippen molar-refractivity contribution in [1.82, 2.24) is 15.5 Å². The van der Waals surface area contributed by atoms with Crippen LogP contribution in [-0.4, -0.2) is 56.0 Å². The number of morpholine rings is 1. The van der Waals surface area contributed by atoms with Crippen LogP contribution in [0.5, 0.6) is 5.75 Å². The van der Waals surface area contributed by atoms with E-state index >= 15 is 0 Å². The normalized spacial score (nSPS) is 19.9. The van der Waals surface area contributed by atoms with E-state index in [0.29, 0.717) is 6.04 Å². The predicted molar refractivity (Wildman–Crippen MR) is 94.9 cm³/mol. The number of thiocarbonyl (C=S) groups is 1. The zero-order valence-electron chi connectivity index (χ0n) is 13.6. The summed E-state index contributed by atoms with van der Waals surface area (Å²) in [5.74, 6) is 0.883. The standard InChI is InChI=1S/C17H25N3O2S/c1-21-15-6-2-13(3-7-15)16(20-8-10-22-11-9-20)12-18-17(23)19-14-4-5-14/h2-3,6-7,14,16H,4-5,8-12H2,1H3,(H2,18,19,23). The van der Waals surface area contributed by atoms with E-state index in [1.807, 2.05) is 12.1 Å². The maximum atomic E-state index is 5.49. The quantitative estimate of drug-likeness (QED) is 0.772. The third-order valence-corrected chi connectivity index (χ3v) is 4.62. The number of nitrogens with zero attached hydrogens (tertiary/aromatic N) is 1. The molecule has 1 atom stereocenters. The minimum atomic E-state index is 0.281. The average Bonchev–Trinajstić information content (AvgIpc) is 3.40. The van der Waals surface area contributed by atoms with Crippen LogP contribution in [0.3, 0.4) is 0 Å². The summed E-state index contributed by atoms with van der Waals surface area (Å²) in [6.45, 7) is 4.27. The van der Waals surface area contributed by atoms with Crippen molar-refractivity contribution in [2.75, 3.05) is 40.0 Å². The van der Waals surface area contributed by atoms with Gasteiger partial charge in [-0.1, -0.05) is 12.1 Å². The summed E-state index contributed by atoms with van der Waals surface area (Å²) < 4.78 is 10.8. The van der Waals surface area contributed by atoms with Crippen LogP contribution in [0.2, 0.25) is 0 Å². The fraction of sp³-hybridized carbons (Fsp3) is 0.588. The molecule has 2 aliphatic rings. The second-order valence-electron chi connectivity index (χ2n) is 6.07. The van der Waals surface area contributed by atoms with Gasteiger partial charge in [-0.2, -0.15) is 0 Å². The van der Waals surface area contributed by atoms with Gasteiger partial charge in [0.1, 0.15) is 5.75 Å². The van der Waals surface area contributed by atoms with Crippen molar-refractivity contribution in [3.05, 3.63) is 29.8 Å².